The molecular weight excluding hydrogens is 230 g/mol. The van der Waals surface area contributed by atoms with Crippen LogP contribution in [0.5, 0.6) is 0 Å². The molecule has 18 heavy (non-hydrogen) atoms. The van der Waals surface area contributed by atoms with Gasteiger partial charge in [0.2, 0.25) is 5.95 Å². The second-order valence-corrected chi connectivity index (χ2v) is 3.80. The normalized spacial score (nSPS) is 10.5. The van der Waals surface area contributed by atoms with Gasteiger partial charge in [-0.15, -0.1) is 6.58 Å². The molecule has 6 nitrogen and oxygen atoms in total. The standard InChI is InChI=1S/C12H17N5O/c1-3-5-16-6-4-13-12(16)15-11-9-14-17(10-11)7-8-18-2/h3-4,6,9-10H,1,5,7-8H2,2H3,(H,13,15). The van der Waals surface area contributed by atoms with Crippen LogP contribution in [0.25, 0.3) is 0 Å². The van der Waals surface area contributed by atoms with Crippen molar-refractivity contribution in [3.63, 3.8) is 0 Å². The fraction of sp³-hybridized carbons (Fsp3) is 0.333. The van der Waals surface area contributed by atoms with Gasteiger partial charge in [0.15, 0.2) is 0 Å². The summed E-state index contributed by atoms with van der Waals surface area (Å²) in [6.45, 7) is 5.82. The first-order chi connectivity index (χ1) is 8.83. The number of nitrogens with zero attached hydrogens (tertiary/aromatic N) is 4. The lowest BCUT2D eigenvalue weighted by molar-refractivity contribution is 0.183. The minimum Gasteiger partial charge on any atom is -0.383 e. The van der Waals surface area contributed by atoms with E-state index >= 15 is 0 Å². The molecule has 0 aliphatic carbocycles. The molecule has 96 valence electrons. The van der Waals surface area contributed by atoms with Gasteiger partial charge in [0.25, 0.3) is 0 Å². The molecule has 0 amide bonds. The summed E-state index contributed by atoms with van der Waals surface area (Å²) in [7, 11) is 1.68. The second kappa shape index (κ2) is 6.02. The zero-order valence-corrected chi connectivity index (χ0v) is 10.4. The van der Waals surface area contributed by atoms with Crippen LogP contribution in [0.2, 0.25) is 0 Å². The van der Waals surface area contributed by atoms with E-state index in [1.807, 2.05) is 27.7 Å². The quantitative estimate of drug-likeness (QED) is 0.756. The van der Waals surface area contributed by atoms with E-state index in [2.05, 4.69) is 22.0 Å². The number of imidazole rings is 1. The predicted octanol–water partition coefficient (Wildman–Crippen LogP) is 1.66. The van der Waals surface area contributed by atoms with E-state index in [1.54, 1.807) is 19.5 Å². The molecule has 2 aromatic rings. The third-order valence-corrected chi connectivity index (χ3v) is 2.46. The Kier molecular flexibility index (Phi) is 4.14. The number of methoxy groups -OCH3 is 1. The third-order valence-electron chi connectivity index (χ3n) is 2.46. The molecule has 2 rings (SSSR count). The smallest absolute Gasteiger partial charge is 0.207 e. The summed E-state index contributed by atoms with van der Waals surface area (Å²) >= 11 is 0. The molecule has 2 aromatic heterocycles. The highest BCUT2D eigenvalue weighted by atomic mass is 16.5. The van der Waals surface area contributed by atoms with Gasteiger partial charge in [0.1, 0.15) is 0 Å². The fourth-order valence-electron chi connectivity index (χ4n) is 1.58. The average Bonchev–Trinajstić information content (AvgIpc) is 2.98. The van der Waals surface area contributed by atoms with Crippen molar-refractivity contribution in [1.29, 1.82) is 0 Å². The third kappa shape index (κ3) is 2.98. The molecule has 0 unspecified atom stereocenters. The molecule has 6 heteroatoms. The van der Waals surface area contributed by atoms with Crippen LogP contribution in [0.15, 0.2) is 37.4 Å². The van der Waals surface area contributed by atoms with Crippen molar-refractivity contribution < 1.29 is 4.74 Å². The molecule has 0 fully saturated rings. The van der Waals surface area contributed by atoms with Crippen LogP contribution in [-0.4, -0.2) is 33.0 Å². The number of ether oxygens (including phenoxy) is 1. The number of anilines is 2. The zero-order chi connectivity index (χ0) is 12.8. The van der Waals surface area contributed by atoms with Crippen molar-refractivity contribution in [2.75, 3.05) is 19.0 Å². The van der Waals surface area contributed by atoms with Crippen molar-refractivity contribution in [3.05, 3.63) is 37.4 Å². The lowest BCUT2D eigenvalue weighted by atomic mass is 10.5. The number of hydrogen-bond acceptors (Lipinski definition) is 4. The van der Waals surface area contributed by atoms with Crippen molar-refractivity contribution >= 4 is 11.6 Å². The molecule has 0 aliphatic rings. The summed E-state index contributed by atoms with van der Waals surface area (Å²) < 4.78 is 8.80. The molecule has 2 heterocycles. The lowest BCUT2D eigenvalue weighted by Gasteiger charge is -2.05. The fourth-order valence-corrected chi connectivity index (χ4v) is 1.58. The molecule has 0 atom stereocenters. The average molecular weight is 247 g/mol. The Balaban J connectivity index is 2.01. The van der Waals surface area contributed by atoms with E-state index in [0.717, 1.165) is 24.7 Å². The lowest BCUT2D eigenvalue weighted by Crippen LogP contribution is -2.04. The minimum atomic E-state index is 0.645. The van der Waals surface area contributed by atoms with Crippen molar-refractivity contribution in [2.45, 2.75) is 13.1 Å². The van der Waals surface area contributed by atoms with Gasteiger partial charge in [-0.25, -0.2) is 4.98 Å². The molecule has 0 aromatic carbocycles. The van der Waals surface area contributed by atoms with Crippen molar-refractivity contribution in [2.24, 2.45) is 0 Å². The van der Waals surface area contributed by atoms with Gasteiger partial charge in [0, 0.05) is 32.2 Å². The van der Waals surface area contributed by atoms with Crippen LogP contribution in [0.1, 0.15) is 0 Å². The Morgan fingerprint density at radius 1 is 1.56 bits per heavy atom. The van der Waals surface area contributed by atoms with Gasteiger partial charge in [-0.05, 0) is 0 Å². The minimum absolute atomic E-state index is 0.645. The van der Waals surface area contributed by atoms with Gasteiger partial charge < -0.3 is 14.6 Å². The molecule has 0 radical (unpaired) electrons. The van der Waals surface area contributed by atoms with Crippen LogP contribution in [-0.2, 0) is 17.8 Å². The molecule has 0 aliphatic heterocycles. The molecule has 0 bridgehead atoms. The summed E-state index contributed by atoms with van der Waals surface area (Å²) in [5, 5.41) is 7.44. The van der Waals surface area contributed by atoms with E-state index in [0.29, 0.717) is 6.61 Å². The predicted molar refractivity (Wildman–Crippen MR) is 69.8 cm³/mol. The highest BCUT2D eigenvalue weighted by Crippen LogP contribution is 2.13. The summed E-state index contributed by atoms with van der Waals surface area (Å²) in [4.78, 5) is 4.24. The summed E-state index contributed by atoms with van der Waals surface area (Å²) in [5.41, 5.74) is 0.905. The van der Waals surface area contributed by atoms with E-state index < -0.39 is 0 Å². The Morgan fingerprint density at radius 2 is 2.44 bits per heavy atom. The number of allylic oxidation sites excluding steroid dienone is 1. The largest absolute Gasteiger partial charge is 0.383 e. The first-order valence-electron chi connectivity index (χ1n) is 5.74. The van der Waals surface area contributed by atoms with E-state index in [9.17, 15) is 0 Å². The maximum absolute atomic E-state index is 5.00. The first-order valence-corrected chi connectivity index (χ1v) is 5.74. The van der Waals surface area contributed by atoms with Crippen LogP contribution in [0.4, 0.5) is 11.6 Å². The highest BCUT2D eigenvalue weighted by Gasteiger charge is 2.03. The molecule has 0 spiro atoms. The second-order valence-electron chi connectivity index (χ2n) is 3.80. The van der Waals surface area contributed by atoms with E-state index in [-0.39, 0.29) is 0 Å². The molecular formula is C12H17N5O. The molecule has 1 N–H and O–H groups in total. The van der Waals surface area contributed by atoms with Gasteiger partial charge in [-0.1, -0.05) is 6.08 Å². The van der Waals surface area contributed by atoms with Crippen molar-refractivity contribution in [3.8, 4) is 0 Å². The zero-order valence-electron chi connectivity index (χ0n) is 10.4. The Labute approximate surface area is 106 Å². The SMILES string of the molecule is C=CCn1ccnc1Nc1cnn(CCOC)c1. The summed E-state index contributed by atoms with van der Waals surface area (Å²) in [6.07, 6.45) is 9.17. The van der Waals surface area contributed by atoms with Gasteiger partial charge in [-0.2, -0.15) is 5.10 Å². The van der Waals surface area contributed by atoms with Gasteiger partial charge in [-0.3, -0.25) is 4.68 Å². The van der Waals surface area contributed by atoms with E-state index in [1.165, 1.54) is 0 Å². The van der Waals surface area contributed by atoms with E-state index in [4.69, 9.17) is 4.74 Å². The Hall–Kier alpha value is -2.08. The van der Waals surface area contributed by atoms with Gasteiger partial charge >= 0.3 is 0 Å². The Bertz CT molecular complexity index is 502. The van der Waals surface area contributed by atoms with Crippen LogP contribution < -0.4 is 5.32 Å². The van der Waals surface area contributed by atoms with Gasteiger partial charge in [0.05, 0.1) is 25.0 Å². The highest BCUT2D eigenvalue weighted by molar-refractivity contribution is 5.50. The number of rotatable bonds is 7. The van der Waals surface area contributed by atoms with Crippen molar-refractivity contribution in [1.82, 2.24) is 19.3 Å². The van der Waals surface area contributed by atoms with Crippen LogP contribution >= 0.6 is 0 Å². The van der Waals surface area contributed by atoms with Crippen LogP contribution in [0, 0.1) is 0 Å². The topological polar surface area (TPSA) is 56.9 Å². The first kappa shape index (κ1) is 12.4. The maximum atomic E-state index is 5.00. The molecule has 0 saturated heterocycles. The summed E-state index contributed by atoms with van der Waals surface area (Å²) in [5.74, 6) is 0.779. The van der Waals surface area contributed by atoms with Crippen LogP contribution in [0.3, 0.4) is 0 Å². The Morgan fingerprint density at radius 3 is 3.22 bits per heavy atom. The number of nitrogens with one attached hydrogen (secondary N) is 1. The number of hydrogen-bond donors (Lipinski definition) is 1. The maximum Gasteiger partial charge on any atom is 0.207 e. The number of aromatic nitrogens is 4. The monoisotopic (exact) mass is 247 g/mol. The molecule has 0 saturated carbocycles. The summed E-state index contributed by atoms with van der Waals surface area (Å²) in [6, 6.07) is 0.